The highest BCUT2D eigenvalue weighted by Gasteiger charge is 2.74. The van der Waals surface area contributed by atoms with Gasteiger partial charge in [-0.3, -0.25) is 19.8 Å². The van der Waals surface area contributed by atoms with Crippen molar-refractivity contribution in [1.29, 1.82) is 0 Å². The number of amides is 1. The van der Waals surface area contributed by atoms with E-state index in [0.717, 1.165) is 12.8 Å². The number of carbonyl (C=O) groups is 1. The Bertz CT molecular complexity index is 755. The highest BCUT2D eigenvalue weighted by atomic mass is 19.4. The van der Waals surface area contributed by atoms with Crippen molar-refractivity contribution < 1.29 is 22.9 Å². The number of nitrogens with zero attached hydrogens (tertiary/aromatic N) is 3. The summed E-state index contributed by atoms with van der Waals surface area (Å²) in [6.45, 7) is 1.75. The molecule has 1 spiro atoms. The van der Waals surface area contributed by atoms with E-state index in [4.69, 9.17) is 0 Å². The largest absolute Gasteiger partial charge is 0.399 e. The van der Waals surface area contributed by atoms with Crippen LogP contribution in [0.25, 0.3) is 0 Å². The average molecular weight is 385 g/mol. The van der Waals surface area contributed by atoms with Crippen LogP contribution >= 0.6 is 0 Å². The summed E-state index contributed by atoms with van der Waals surface area (Å²) in [5.41, 5.74) is -1.16. The fourth-order valence-electron chi connectivity index (χ4n) is 4.50. The summed E-state index contributed by atoms with van der Waals surface area (Å²) in [6, 6.07) is 4.41. The van der Waals surface area contributed by atoms with Gasteiger partial charge < -0.3 is 4.90 Å². The summed E-state index contributed by atoms with van der Waals surface area (Å²) >= 11 is 0. The first-order chi connectivity index (χ1) is 12.7. The molecule has 0 radical (unpaired) electrons. The van der Waals surface area contributed by atoms with Gasteiger partial charge in [-0.2, -0.15) is 13.2 Å². The monoisotopic (exact) mass is 385 g/mol. The van der Waals surface area contributed by atoms with Gasteiger partial charge in [-0.25, -0.2) is 0 Å². The Hall–Kier alpha value is -2.16. The molecule has 3 atom stereocenters. The van der Waals surface area contributed by atoms with Crippen LogP contribution in [0.4, 0.5) is 18.9 Å². The number of alkyl halides is 3. The van der Waals surface area contributed by atoms with Crippen LogP contribution in [0.1, 0.15) is 31.7 Å². The van der Waals surface area contributed by atoms with Crippen LogP contribution < -0.4 is 4.90 Å². The van der Waals surface area contributed by atoms with Gasteiger partial charge in [0.15, 0.2) is 5.54 Å². The smallest absolute Gasteiger partial charge is 0.310 e. The van der Waals surface area contributed by atoms with E-state index in [2.05, 4.69) is 0 Å². The molecule has 1 aromatic carbocycles. The van der Waals surface area contributed by atoms with Crippen molar-refractivity contribution in [2.75, 3.05) is 25.0 Å². The van der Waals surface area contributed by atoms with Gasteiger partial charge in [0.05, 0.1) is 0 Å². The highest BCUT2D eigenvalue weighted by Crippen LogP contribution is 2.54. The molecule has 2 aliphatic rings. The van der Waals surface area contributed by atoms with Crippen molar-refractivity contribution in [1.82, 2.24) is 4.90 Å². The topological polar surface area (TPSA) is 66.7 Å². The summed E-state index contributed by atoms with van der Waals surface area (Å²) in [5, 5.41) is 11.8. The lowest BCUT2D eigenvalue weighted by Crippen LogP contribution is -2.57. The van der Waals surface area contributed by atoms with Crippen molar-refractivity contribution in [3.8, 4) is 0 Å². The zero-order valence-electron chi connectivity index (χ0n) is 15.2. The van der Waals surface area contributed by atoms with Crippen LogP contribution in [-0.2, 0) is 10.3 Å². The lowest BCUT2D eigenvalue weighted by molar-refractivity contribution is -0.546. The van der Waals surface area contributed by atoms with Crippen LogP contribution in [0.15, 0.2) is 24.3 Å². The number of likely N-dealkylation sites (N-methyl/N-ethyl adjacent to an activating group) is 1. The molecular formula is C18H22F3N3O3. The first kappa shape index (κ1) is 19.6. The summed E-state index contributed by atoms with van der Waals surface area (Å²) in [5.74, 6) is -2.83. The van der Waals surface area contributed by atoms with Crippen LogP contribution in [0.2, 0.25) is 0 Å². The van der Waals surface area contributed by atoms with E-state index in [1.54, 1.807) is 24.3 Å². The maximum Gasteiger partial charge on any atom is 0.399 e. The maximum absolute atomic E-state index is 13.6. The first-order valence-corrected chi connectivity index (χ1v) is 9.00. The number of unbranched alkanes of at least 4 members (excludes halogenated alkanes) is 2. The first-order valence-electron chi connectivity index (χ1n) is 9.00. The molecule has 0 bridgehead atoms. The predicted molar refractivity (Wildman–Crippen MR) is 93.0 cm³/mol. The number of carbonyl (C=O) groups excluding carboxylic acids is 1. The molecule has 0 unspecified atom stereocenters. The molecule has 0 aliphatic carbocycles. The van der Waals surface area contributed by atoms with Crippen molar-refractivity contribution in [3.63, 3.8) is 0 Å². The Morgan fingerprint density at radius 2 is 1.96 bits per heavy atom. The number of benzene rings is 1. The number of fused-ring (bicyclic) bond motifs is 2. The molecule has 6 nitrogen and oxygen atoms in total. The third-order valence-corrected chi connectivity index (χ3v) is 5.69. The summed E-state index contributed by atoms with van der Waals surface area (Å²) in [4.78, 5) is 26.9. The van der Waals surface area contributed by atoms with Crippen molar-refractivity contribution in [2.24, 2.45) is 5.92 Å². The van der Waals surface area contributed by atoms with Crippen LogP contribution in [-0.4, -0.2) is 48.1 Å². The molecule has 0 aromatic heterocycles. The summed E-state index contributed by atoms with van der Waals surface area (Å²) < 4.78 is 40.7. The summed E-state index contributed by atoms with van der Waals surface area (Å²) in [7, 11) is 1.37. The standard InChI is InChI=1S/C18H22F3N3O3/c1-3-4-7-10-23-14-9-6-5-8-12(14)17(16(23)25)15(24(26)27)13(11-22(17)2)18(19,20)21/h5-6,8-9,13,15H,3-4,7,10-11H2,1-2H3/t13-,15+,17+/m0/s1. The molecule has 148 valence electrons. The fourth-order valence-corrected chi connectivity index (χ4v) is 4.50. The predicted octanol–water partition coefficient (Wildman–Crippen LogP) is 3.19. The Kier molecular flexibility index (Phi) is 4.92. The lowest BCUT2D eigenvalue weighted by Gasteiger charge is -2.32. The lowest BCUT2D eigenvalue weighted by atomic mass is 9.81. The third-order valence-electron chi connectivity index (χ3n) is 5.69. The Morgan fingerprint density at radius 3 is 2.56 bits per heavy atom. The van der Waals surface area contributed by atoms with Gasteiger partial charge >= 0.3 is 6.18 Å². The number of rotatable bonds is 5. The molecule has 9 heteroatoms. The Morgan fingerprint density at radius 1 is 1.30 bits per heavy atom. The molecule has 1 fully saturated rings. The quantitative estimate of drug-likeness (QED) is 0.444. The normalized spacial score (nSPS) is 28.2. The molecule has 3 rings (SSSR count). The van der Waals surface area contributed by atoms with Gasteiger partial charge in [-0.1, -0.05) is 38.0 Å². The zero-order valence-corrected chi connectivity index (χ0v) is 15.2. The van der Waals surface area contributed by atoms with Crippen molar-refractivity contribution >= 4 is 11.6 Å². The zero-order chi connectivity index (χ0) is 20.0. The molecule has 1 amide bonds. The minimum Gasteiger partial charge on any atom is -0.310 e. The molecule has 1 saturated heterocycles. The van der Waals surface area contributed by atoms with Crippen molar-refractivity contribution in [2.45, 2.75) is 43.9 Å². The minimum atomic E-state index is -4.76. The van der Waals surface area contributed by atoms with E-state index in [9.17, 15) is 28.1 Å². The molecular weight excluding hydrogens is 363 g/mol. The second kappa shape index (κ2) is 6.78. The van der Waals surface area contributed by atoms with E-state index < -0.39 is 41.1 Å². The average Bonchev–Trinajstić information content (AvgIpc) is 3.04. The molecule has 2 aliphatic heterocycles. The fraction of sp³-hybridized carbons (Fsp3) is 0.611. The number of halogens is 3. The van der Waals surface area contributed by atoms with E-state index in [1.165, 1.54) is 16.8 Å². The van der Waals surface area contributed by atoms with Gasteiger partial charge in [0, 0.05) is 29.3 Å². The van der Waals surface area contributed by atoms with Gasteiger partial charge in [0.25, 0.3) is 11.9 Å². The van der Waals surface area contributed by atoms with E-state index in [-0.39, 0.29) is 0 Å². The number of hydrogen-bond donors (Lipinski definition) is 0. The number of likely N-dealkylation sites (tertiary alicyclic amines) is 1. The maximum atomic E-state index is 13.6. The van der Waals surface area contributed by atoms with Crippen LogP contribution in [0.3, 0.4) is 0 Å². The SMILES string of the molecule is CCCCCN1C(=O)[C@@]2(c3ccccc31)[C@H]([N+](=O)[O-])[C@@H](C(F)(F)F)CN2C. The molecule has 0 saturated carbocycles. The van der Waals surface area contributed by atoms with E-state index in [0.29, 0.717) is 24.2 Å². The van der Waals surface area contributed by atoms with E-state index >= 15 is 0 Å². The number of anilines is 1. The molecule has 0 N–H and O–H groups in total. The van der Waals surface area contributed by atoms with Gasteiger partial charge in [0.1, 0.15) is 5.92 Å². The number of para-hydroxylation sites is 1. The second-order valence-corrected chi connectivity index (χ2v) is 7.21. The van der Waals surface area contributed by atoms with Gasteiger partial charge in [-0.15, -0.1) is 0 Å². The number of nitro groups is 1. The summed E-state index contributed by atoms with van der Waals surface area (Å²) in [6.07, 6.45) is -2.30. The van der Waals surface area contributed by atoms with Gasteiger partial charge in [0.2, 0.25) is 0 Å². The van der Waals surface area contributed by atoms with Gasteiger partial charge in [-0.05, 0) is 19.5 Å². The van der Waals surface area contributed by atoms with Crippen LogP contribution in [0.5, 0.6) is 0 Å². The van der Waals surface area contributed by atoms with Crippen LogP contribution in [0, 0.1) is 16.0 Å². The Balaban J connectivity index is 2.15. The highest BCUT2D eigenvalue weighted by molar-refractivity contribution is 6.08. The second-order valence-electron chi connectivity index (χ2n) is 7.21. The third kappa shape index (κ3) is 2.79. The molecule has 2 heterocycles. The molecule has 27 heavy (non-hydrogen) atoms. The number of hydrogen-bond acceptors (Lipinski definition) is 4. The molecule has 1 aromatic rings. The Labute approximate surface area is 155 Å². The minimum absolute atomic E-state index is 0.294. The van der Waals surface area contributed by atoms with Crippen molar-refractivity contribution in [3.05, 3.63) is 39.9 Å². The van der Waals surface area contributed by atoms with E-state index in [1.807, 2.05) is 6.92 Å².